The van der Waals surface area contributed by atoms with Crippen LogP contribution in [0.15, 0.2) is 56.4 Å². The van der Waals surface area contributed by atoms with Crippen LogP contribution in [0.25, 0.3) is 11.3 Å². The number of rotatable bonds is 18. The van der Waals surface area contributed by atoms with Gasteiger partial charge in [-0.25, -0.2) is 24.1 Å². The van der Waals surface area contributed by atoms with E-state index in [1.807, 2.05) is 41.5 Å². The zero-order chi connectivity index (χ0) is 37.6. The Balaban J connectivity index is 1.06. The molecule has 278 valence electrons. The van der Waals surface area contributed by atoms with Gasteiger partial charge < -0.3 is 30.1 Å². The van der Waals surface area contributed by atoms with Gasteiger partial charge in [-0.1, -0.05) is 16.9 Å². The number of fused-ring (bicyclic) bond motifs is 1. The largest absolute Gasteiger partial charge is 0.410 e. The fourth-order valence-electron chi connectivity index (χ4n) is 5.43. The third-order valence-electron chi connectivity index (χ3n) is 8.05. The van der Waals surface area contributed by atoms with E-state index < -0.39 is 28.1 Å². The molecule has 0 radical (unpaired) electrons. The van der Waals surface area contributed by atoms with Gasteiger partial charge in [0.25, 0.3) is 6.47 Å². The van der Waals surface area contributed by atoms with Gasteiger partial charge in [0.1, 0.15) is 38.2 Å². The van der Waals surface area contributed by atoms with E-state index in [0.717, 1.165) is 33.3 Å². The van der Waals surface area contributed by atoms with E-state index in [1.165, 1.54) is 44.3 Å². The Morgan fingerprint density at radius 1 is 1.34 bits per heavy atom. The molecule has 53 heavy (non-hydrogen) atoms. The van der Waals surface area contributed by atoms with Crippen molar-refractivity contribution in [3.63, 3.8) is 0 Å². The lowest BCUT2D eigenvalue weighted by Gasteiger charge is -2.48. The molecule has 0 aliphatic carbocycles. The molecule has 4 aromatic heterocycles. The highest BCUT2D eigenvalue weighted by Gasteiger charge is 2.54. The summed E-state index contributed by atoms with van der Waals surface area (Å²) in [4.78, 5) is 69.6. The predicted octanol–water partition coefficient (Wildman–Crippen LogP) is 2.93. The molecule has 2 unspecified atom stereocenters. The summed E-state index contributed by atoms with van der Waals surface area (Å²) in [7, 11) is 1.93. The van der Waals surface area contributed by atoms with Gasteiger partial charge in [0.15, 0.2) is 34.2 Å². The normalized spacial score (nSPS) is 17.6. The van der Waals surface area contributed by atoms with Crippen molar-refractivity contribution in [3.05, 3.63) is 68.7 Å². The molecule has 18 nitrogen and oxygen atoms in total. The first kappa shape index (κ1) is 38.0. The van der Waals surface area contributed by atoms with Gasteiger partial charge in [0.2, 0.25) is 16.9 Å². The lowest BCUT2D eigenvalue weighted by Crippen LogP contribution is -2.61. The highest BCUT2D eigenvalue weighted by molar-refractivity contribution is 8.07. The average molecular weight is 802 g/mol. The number of hydrogen-bond donors (Lipinski definition) is 2. The summed E-state index contributed by atoms with van der Waals surface area (Å²) < 4.78 is 13.6. The number of oxime groups is 1. The second-order valence-electron chi connectivity index (χ2n) is 11.7. The molecule has 2 aliphatic rings. The minimum absolute atomic E-state index is 0.0175. The van der Waals surface area contributed by atoms with Crippen molar-refractivity contribution in [2.75, 3.05) is 24.2 Å². The molecular weight excluding hydrogens is 769 g/mol. The molecule has 1 saturated heterocycles. The van der Waals surface area contributed by atoms with Gasteiger partial charge in [-0.05, 0) is 11.8 Å². The first-order valence-electron chi connectivity index (χ1n) is 16.1. The highest BCUT2D eigenvalue weighted by atomic mass is 32.2. The number of ether oxygens (including phenoxy) is 1. The molecule has 6 heterocycles. The Morgan fingerprint density at radius 2 is 2.13 bits per heavy atom. The van der Waals surface area contributed by atoms with E-state index >= 15 is 0 Å². The number of Topliss-reactive ketones (excluding diaryl/α,β-unsaturated/α-hetero) is 1. The number of hydrogen-bond acceptors (Lipinski definition) is 18. The van der Waals surface area contributed by atoms with Crippen molar-refractivity contribution in [2.45, 2.75) is 49.1 Å². The molecule has 0 saturated carbocycles. The second-order valence-corrected chi connectivity index (χ2v) is 15.7. The van der Waals surface area contributed by atoms with Crippen LogP contribution >= 0.6 is 46.4 Å². The fourth-order valence-corrected chi connectivity index (χ4v) is 9.48. The number of thiazole rings is 1. The maximum absolute atomic E-state index is 13.5. The Hall–Kier alpha value is -4.77. The van der Waals surface area contributed by atoms with E-state index in [-0.39, 0.29) is 68.2 Å². The van der Waals surface area contributed by atoms with E-state index in [0.29, 0.717) is 21.6 Å². The third-order valence-corrected chi connectivity index (χ3v) is 12.3. The van der Waals surface area contributed by atoms with Crippen LogP contribution in [-0.2, 0) is 44.0 Å². The molecule has 2 aliphatic heterocycles. The molecule has 1 amide bonds. The van der Waals surface area contributed by atoms with Crippen LogP contribution < -0.4 is 9.88 Å². The molecule has 0 aromatic carbocycles. The third kappa shape index (κ3) is 8.73. The number of β-lactam (4-membered cyclic amide) rings is 1. The first-order chi connectivity index (χ1) is 25.6. The summed E-state index contributed by atoms with van der Waals surface area (Å²) in [5.41, 5.74) is 1.81. The molecule has 2 N–H and O–H groups in total. The van der Waals surface area contributed by atoms with Crippen LogP contribution in [0.4, 0.5) is 10.9 Å². The monoisotopic (exact) mass is 801 g/mol. The number of nitrogens with one attached hydrogen (secondary N) is 1. The Bertz CT molecular complexity index is 2060. The topological polar surface area (TPSA) is 221 Å². The lowest BCUT2D eigenvalue weighted by molar-refractivity contribution is -0.671. The molecule has 3 atom stereocenters. The van der Waals surface area contributed by atoms with Crippen LogP contribution in [-0.4, -0.2) is 93.1 Å². The molecule has 4 aromatic rings. The van der Waals surface area contributed by atoms with Crippen LogP contribution in [0, 0.1) is 23.0 Å². The summed E-state index contributed by atoms with van der Waals surface area (Å²) in [6.07, 6.45) is 3.78. The number of aromatic nitrogens is 6. The molecule has 0 bridgehead atoms. The number of pyridine rings is 1. The summed E-state index contributed by atoms with van der Waals surface area (Å²) in [5, 5.41) is 30.6. The first-order valence-corrected chi connectivity index (χ1v) is 19.6. The van der Waals surface area contributed by atoms with E-state index in [1.54, 1.807) is 13.8 Å². The minimum atomic E-state index is -1.01. The van der Waals surface area contributed by atoms with Crippen LogP contribution in [0.1, 0.15) is 25.0 Å². The average Bonchev–Trinajstić information content (AvgIpc) is 3.89. The van der Waals surface area contributed by atoms with Crippen LogP contribution in [0.3, 0.4) is 0 Å². The Morgan fingerprint density at radius 3 is 2.87 bits per heavy atom. The quantitative estimate of drug-likeness (QED) is 0.0369. The lowest BCUT2D eigenvalue weighted by atomic mass is 9.90. The maximum Gasteiger partial charge on any atom is 0.342 e. The molecule has 6 rings (SSSR count). The number of imidazole rings is 1. The maximum atomic E-state index is 13.5. The number of nitro groups is 1. The van der Waals surface area contributed by atoms with Gasteiger partial charge in [-0.3, -0.25) is 19.3 Å². The minimum Gasteiger partial charge on any atom is -0.410 e. The van der Waals surface area contributed by atoms with Gasteiger partial charge >= 0.3 is 5.82 Å². The number of anilines is 1. The van der Waals surface area contributed by atoms with Crippen LogP contribution in [0.5, 0.6) is 0 Å². The summed E-state index contributed by atoms with van der Waals surface area (Å²) in [6.45, 7) is 3.78. The Labute approximate surface area is 318 Å². The zero-order valence-corrected chi connectivity index (χ0v) is 31.7. The van der Waals surface area contributed by atoms with Gasteiger partial charge in [0.05, 0.1) is 28.3 Å². The number of aliphatic hydroxyl groups excluding tert-OH is 1. The SMILES string of the molecule is CCO/N=C(/Cc1nsc(NCC(O)Cn2c([N+](=O)[O-])cnc2C)n1)C(=O)C[C@H]1C(=O)N2C(OC=O)=C(Sc3nc(-c4cc[n+](C)cc4)cs3)CSC12. The van der Waals surface area contributed by atoms with Crippen molar-refractivity contribution in [1.29, 1.82) is 0 Å². The Kier molecular flexibility index (Phi) is 12.1. The highest BCUT2D eigenvalue weighted by Crippen LogP contribution is 2.49. The number of aryl methyl sites for hydroxylation is 2. The van der Waals surface area contributed by atoms with Gasteiger partial charge in [-0.2, -0.15) is 4.37 Å². The second kappa shape index (κ2) is 16.9. The number of carbonyl (C=O) groups is 3. The molecule has 1 fully saturated rings. The van der Waals surface area contributed by atoms with Crippen molar-refractivity contribution in [1.82, 2.24) is 28.8 Å². The number of nitrogens with zero attached hydrogens (tertiary/aromatic N) is 9. The molecule has 0 spiro atoms. The van der Waals surface area contributed by atoms with Crippen molar-refractivity contribution >= 4 is 81.2 Å². The fraction of sp³-hybridized carbons (Fsp3) is 0.387. The van der Waals surface area contributed by atoms with Crippen molar-refractivity contribution < 1.29 is 38.6 Å². The van der Waals surface area contributed by atoms with Crippen LogP contribution in [0.2, 0.25) is 0 Å². The number of amides is 1. The standard InChI is InChI=1S/C31H33N10O8S4/c1-4-49-36-21(10-25-35-30(53-37-25)33-11-19(43)13-39-17(2)32-12-26(39)41(46)47)23(44)9-20-27(45)40-28(48-16-42)24(15-50-29(20)40)52-31-34-22(14-51-31)18-5-7-38(3)8-6-18/h5-8,12,14,16,19-20,29,43H,4,9-11,13,15H2,1-3H3,(H,33,35,37)/q+1/b36-21-/t19?,20-,29?/m0/s1. The van der Waals surface area contributed by atoms with E-state index in [4.69, 9.17) is 14.6 Å². The van der Waals surface area contributed by atoms with Crippen molar-refractivity contribution in [2.24, 2.45) is 18.1 Å². The molecular formula is C31H33N10O8S4+. The van der Waals surface area contributed by atoms with Crippen molar-refractivity contribution in [3.8, 4) is 11.3 Å². The van der Waals surface area contributed by atoms with E-state index in [2.05, 4.69) is 24.8 Å². The molecule has 22 heteroatoms. The summed E-state index contributed by atoms with van der Waals surface area (Å²) >= 11 is 5.25. The predicted molar refractivity (Wildman–Crippen MR) is 196 cm³/mol. The number of carbonyl (C=O) groups excluding carboxylic acids is 3. The zero-order valence-electron chi connectivity index (χ0n) is 28.5. The summed E-state index contributed by atoms with van der Waals surface area (Å²) in [6, 6.07) is 3.94. The number of aliphatic hydroxyl groups is 1. The van der Waals surface area contributed by atoms with E-state index in [9.17, 15) is 29.6 Å². The smallest absolute Gasteiger partial charge is 0.342 e. The number of ketones is 1. The summed E-state index contributed by atoms with van der Waals surface area (Å²) in [5.74, 6) is -0.429. The van der Waals surface area contributed by atoms with Gasteiger partial charge in [-0.15, -0.1) is 23.1 Å². The van der Waals surface area contributed by atoms with Gasteiger partial charge in [0, 0.05) is 60.3 Å². The number of thioether (sulfide) groups is 2.